The van der Waals surface area contributed by atoms with Crippen molar-refractivity contribution in [2.24, 2.45) is 5.10 Å². The molecule has 0 fully saturated rings. The fourth-order valence-electron chi connectivity index (χ4n) is 4.51. The Morgan fingerprint density at radius 2 is 1.60 bits per heavy atom. The van der Waals surface area contributed by atoms with Crippen LogP contribution < -0.4 is 19.6 Å². The van der Waals surface area contributed by atoms with Crippen molar-refractivity contribution >= 4 is 52.2 Å². The molecule has 10 heteroatoms. The van der Waals surface area contributed by atoms with E-state index in [1.54, 1.807) is 66.7 Å². The maximum atomic E-state index is 13.4. The van der Waals surface area contributed by atoms with Crippen LogP contribution in [0.3, 0.4) is 0 Å². The van der Waals surface area contributed by atoms with Crippen molar-refractivity contribution in [3.05, 3.63) is 112 Å². The molecule has 0 radical (unpaired) electrons. The lowest BCUT2D eigenvalue weighted by molar-refractivity contribution is 0.0733. The number of benzene rings is 4. The van der Waals surface area contributed by atoms with E-state index in [4.69, 9.17) is 37.4 Å². The van der Waals surface area contributed by atoms with E-state index in [-0.39, 0.29) is 17.0 Å². The lowest BCUT2D eigenvalue weighted by Gasteiger charge is -2.12. The summed E-state index contributed by atoms with van der Waals surface area (Å²) in [5.74, 6) is 0.168. The number of H-pyrrole nitrogens is 1. The highest BCUT2D eigenvalue weighted by Gasteiger charge is 2.21. The number of hydrogen-bond acceptors (Lipinski definition) is 6. The number of halogens is 2. The van der Waals surface area contributed by atoms with Crippen LogP contribution in [0, 0.1) is 0 Å². The monoisotopic (exact) mass is 615 g/mol. The third-order valence-electron chi connectivity index (χ3n) is 6.40. The topological polar surface area (TPSA) is 102 Å². The SMILES string of the molecule is CCOc1ccc(C(=O)Oc2ccccc2C=NNC(=O)c2[nH]c3ccc(Cl)cc3c2-c2ccccc2Cl)cc1OCC. The van der Waals surface area contributed by atoms with Gasteiger partial charge in [0.1, 0.15) is 11.4 Å². The summed E-state index contributed by atoms with van der Waals surface area (Å²) in [5, 5.41) is 5.89. The number of carbonyl (C=O) groups excluding carboxylic acids is 2. The van der Waals surface area contributed by atoms with Crippen LogP contribution in [0.2, 0.25) is 10.0 Å². The number of hydrogen-bond donors (Lipinski definition) is 2. The van der Waals surface area contributed by atoms with E-state index in [0.717, 1.165) is 5.39 Å². The molecule has 5 aromatic rings. The third-order valence-corrected chi connectivity index (χ3v) is 6.97. The summed E-state index contributed by atoms with van der Waals surface area (Å²) in [4.78, 5) is 29.5. The molecule has 218 valence electrons. The number of ether oxygens (including phenoxy) is 3. The Morgan fingerprint density at radius 3 is 2.40 bits per heavy atom. The maximum Gasteiger partial charge on any atom is 0.343 e. The molecule has 5 rings (SSSR count). The minimum absolute atomic E-state index is 0.259. The maximum absolute atomic E-state index is 13.4. The number of aromatic nitrogens is 1. The average Bonchev–Trinajstić information content (AvgIpc) is 3.38. The lowest BCUT2D eigenvalue weighted by atomic mass is 10.0. The van der Waals surface area contributed by atoms with E-state index >= 15 is 0 Å². The minimum Gasteiger partial charge on any atom is -0.490 e. The molecule has 0 saturated heterocycles. The number of hydrazone groups is 1. The highest BCUT2D eigenvalue weighted by molar-refractivity contribution is 6.34. The van der Waals surface area contributed by atoms with Gasteiger partial charge in [0, 0.05) is 37.6 Å². The number of para-hydroxylation sites is 1. The molecule has 0 aliphatic rings. The second kappa shape index (κ2) is 13.5. The summed E-state index contributed by atoms with van der Waals surface area (Å²) in [6.07, 6.45) is 1.40. The number of amides is 1. The van der Waals surface area contributed by atoms with Crippen LogP contribution in [-0.4, -0.2) is 36.3 Å². The van der Waals surface area contributed by atoms with Crippen molar-refractivity contribution in [1.82, 2.24) is 10.4 Å². The summed E-state index contributed by atoms with van der Waals surface area (Å²) >= 11 is 12.8. The number of carbonyl (C=O) groups is 2. The number of fused-ring (bicyclic) bond motifs is 1. The van der Waals surface area contributed by atoms with Crippen LogP contribution in [0.4, 0.5) is 0 Å². The fraction of sp³-hybridized carbons (Fsp3) is 0.121. The van der Waals surface area contributed by atoms with Crippen molar-refractivity contribution in [2.45, 2.75) is 13.8 Å². The van der Waals surface area contributed by atoms with Crippen LogP contribution in [0.25, 0.3) is 22.0 Å². The van der Waals surface area contributed by atoms with E-state index < -0.39 is 11.9 Å². The summed E-state index contributed by atoms with van der Waals surface area (Å²) in [7, 11) is 0. The van der Waals surface area contributed by atoms with Gasteiger partial charge in [-0.25, -0.2) is 10.2 Å². The average molecular weight is 617 g/mol. The van der Waals surface area contributed by atoms with Gasteiger partial charge in [-0.1, -0.05) is 53.5 Å². The molecule has 0 aliphatic carbocycles. The molecule has 2 N–H and O–H groups in total. The Hall–Kier alpha value is -4.79. The molecule has 4 aromatic carbocycles. The van der Waals surface area contributed by atoms with Gasteiger partial charge < -0.3 is 19.2 Å². The van der Waals surface area contributed by atoms with Crippen LogP contribution in [0.15, 0.2) is 90.0 Å². The van der Waals surface area contributed by atoms with Gasteiger partial charge in [0.2, 0.25) is 0 Å². The highest BCUT2D eigenvalue weighted by atomic mass is 35.5. The third kappa shape index (κ3) is 6.66. The van der Waals surface area contributed by atoms with Crippen molar-refractivity contribution in [3.63, 3.8) is 0 Å². The lowest BCUT2D eigenvalue weighted by Crippen LogP contribution is -2.19. The van der Waals surface area contributed by atoms with E-state index in [2.05, 4.69) is 15.5 Å². The first-order valence-corrected chi connectivity index (χ1v) is 14.3. The Balaban J connectivity index is 1.37. The van der Waals surface area contributed by atoms with Gasteiger partial charge in [-0.15, -0.1) is 0 Å². The van der Waals surface area contributed by atoms with Crippen LogP contribution in [0.1, 0.15) is 40.3 Å². The van der Waals surface area contributed by atoms with Gasteiger partial charge in [0.25, 0.3) is 5.91 Å². The minimum atomic E-state index is -0.588. The summed E-state index contributed by atoms with van der Waals surface area (Å²) in [6.45, 7) is 4.59. The fourth-order valence-corrected chi connectivity index (χ4v) is 4.91. The van der Waals surface area contributed by atoms with Crippen molar-refractivity contribution in [1.29, 1.82) is 0 Å². The molecule has 0 saturated carbocycles. The number of nitrogens with one attached hydrogen (secondary N) is 2. The summed E-state index contributed by atoms with van der Waals surface area (Å²) < 4.78 is 16.9. The van der Waals surface area contributed by atoms with Gasteiger partial charge in [0.15, 0.2) is 11.5 Å². The zero-order chi connectivity index (χ0) is 30.3. The molecule has 8 nitrogen and oxygen atoms in total. The second-order valence-electron chi connectivity index (χ2n) is 9.20. The largest absolute Gasteiger partial charge is 0.490 e. The molecule has 0 unspecified atom stereocenters. The Kier molecular flexibility index (Phi) is 9.29. The zero-order valence-corrected chi connectivity index (χ0v) is 24.8. The molecule has 0 spiro atoms. The number of nitrogens with zero attached hydrogens (tertiary/aromatic N) is 1. The van der Waals surface area contributed by atoms with E-state index in [9.17, 15) is 9.59 Å². The molecule has 1 heterocycles. The van der Waals surface area contributed by atoms with Crippen molar-refractivity contribution < 1.29 is 23.8 Å². The standard InChI is InChI=1S/C33H27Cl2N3O5/c1-3-41-28-16-13-20(17-29(28)42-4-2)33(40)43-27-12-8-5-9-21(27)19-36-38-32(39)31-30(23-10-6-7-11-25(23)35)24-18-22(34)14-15-26(24)37-31/h5-19,37H,3-4H2,1-2H3,(H,38,39). The predicted octanol–water partition coefficient (Wildman–Crippen LogP) is 7.92. The van der Waals surface area contributed by atoms with Gasteiger partial charge in [-0.2, -0.15) is 5.10 Å². The van der Waals surface area contributed by atoms with Crippen molar-refractivity contribution in [2.75, 3.05) is 13.2 Å². The van der Waals surface area contributed by atoms with Crippen molar-refractivity contribution in [3.8, 4) is 28.4 Å². The quantitative estimate of drug-likeness (QED) is 0.0719. The molecule has 0 bridgehead atoms. The molecule has 1 amide bonds. The first-order chi connectivity index (χ1) is 20.9. The van der Waals surface area contributed by atoms with Gasteiger partial charge in [0.05, 0.1) is 25.0 Å². The molecule has 1 aromatic heterocycles. The van der Waals surface area contributed by atoms with Gasteiger partial charge in [-0.3, -0.25) is 4.79 Å². The Morgan fingerprint density at radius 1 is 0.860 bits per heavy atom. The van der Waals surface area contributed by atoms with Crippen LogP contribution in [0.5, 0.6) is 17.2 Å². The normalized spacial score (nSPS) is 11.1. The molecule has 0 atom stereocenters. The molecular formula is C33H27Cl2N3O5. The summed E-state index contributed by atoms with van der Waals surface area (Å²) in [6, 6.07) is 24.2. The van der Waals surface area contributed by atoms with Gasteiger partial charge >= 0.3 is 5.97 Å². The van der Waals surface area contributed by atoms with E-state index in [1.807, 2.05) is 32.0 Å². The zero-order valence-electron chi connectivity index (χ0n) is 23.3. The Bertz CT molecular complexity index is 1830. The smallest absolute Gasteiger partial charge is 0.343 e. The van der Waals surface area contributed by atoms with E-state index in [0.29, 0.717) is 57.0 Å². The number of esters is 1. The number of rotatable bonds is 10. The molecular weight excluding hydrogens is 589 g/mol. The molecule has 0 aliphatic heterocycles. The predicted molar refractivity (Wildman–Crippen MR) is 169 cm³/mol. The highest BCUT2D eigenvalue weighted by Crippen LogP contribution is 2.37. The summed E-state index contributed by atoms with van der Waals surface area (Å²) in [5.41, 5.74) is 5.58. The van der Waals surface area contributed by atoms with E-state index in [1.165, 1.54) is 6.21 Å². The second-order valence-corrected chi connectivity index (χ2v) is 10.0. The van der Waals surface area contributed by atoms with Crippen LogP contribution >= 0.6 is 23.2 Å². The number of aromatic amines is 1. The molecule has 43 heavy (non-hydrogen) atoms. The first kappa shape index (κ1) is 29.7. The van der Waals surface area contributed by atoms with Gasteiger partial charge in [-0.05, 0) is 68.4 Å². The van der Waals surface area contributed by atoms with Crippen LogP contribution in [-0.2, 0) is 0 Å². The first-order valence-electron chi connectivity index (χ1n) is 13.5. The Labute approximate surface area is 258 Å².